The summed E-state index contributed by atoms with van der Waals surface area (Å²) in [5.74, 6) is 0.697. The summed E-state index contributed by atoms with van der Waals surface area (Å²) in [5, 5.41) is 4.30. The molecule has 0 radical (unpaired) electrons. The maximum atomic E-state index is 13.1. The van der Waals surface area contributed by atoms with Gasteiger partial charge < -0.3 is 10.2 Å². The molecule has 2 aromatic carbocycles. The third-order valence-corrected chi connectivity index (χ3v) is 7.63. The molecule has 1 N–H and O–H groups in total. The number of nitrogens with zero attached hydrogens (tertiary/aromatic N) is 1. The molecule has 0 bridgehead atoms. The average molecular weight is 473 g/mol. The highest BCUT2D eigenvalue weighted by atomic mass is 35.5. The number of benzene rings is 2. The van der Waals surface area contributed by atoms with Gasteiger partial charge in [-0.3, -0.25) is 9.59 Å². The van der Waals surface area contributed by atoms with Gasteiger partial charge in [-0.15, -0.1) is 0 Å². The molecule has 1 aliphatic heterocycles. The number of halogens is 2. The number of nitrogens with one attached hydrogen (secondary N) is 1. The van der Waals surface area contributed by atoms with Crippen LogP contribution in [0.25, 0.3) is 0 Å². The van der Waals surface area contributed by atoms with Crippen molar-refractivity contribution in [3.63, 3.8) is 0 Å². The number of rotatable bonds is 7. The zero-order valence-corrected chi connectivity index (χ0v) is 19.7. The lowest BCUT2D eigenvalue weighted by molar-refractivity contribution is -0.134. The number of likely N-dealkylation sites (tertiary alicyclic amines) is 1. The van der Waals surface area contributed by atoms with Crippen LogP contribution in [0.2, 0.25) is 10.0 Å². The first-order valence-electron chi connectivity index (χ1n) is 11.5. The molecule has 2 aliphatic rings. The van der Waals surface area contributed by atoms with Crippen LogP contribution in [-0.4, -0.2) is 29.3 Å². The van der Waals surface area contributed by atoms with Crippen LogP contribution in [-0.2, 0) is 22.6 Å². The second-order valence-electron chi connectivity index (χ2n) is 9.06. The minimum absolute atomic E-state index is 0.0473. The van der Waals surface area contributed by atoms with Crippen LogP contribution in [0.3, 0.4) is 0 Å². The molecular formula is C26H30Cl2N2O2. The van der Waals surface area contributed by atoms with Crippen molar-refractivity contribution < 1.29 is 9.59 Å². The van der Waals surface area contributed by atoms with Crippen LogP contribution in [0.15, 0.2) is 48.5 Å². The molecule has 0 spiro atoms. The molecule has 4 nitrogen and oxygen atoms in total. The lowest BCUT2D eigenvalue weighted by Crippen LogP contribution is -2.40. The molecule has 1 heterocycles. The highest BCUT2D eigenvalue weighted by molar-refractivity contribution is 6.36. The van der Waals surface area contributed by atoms with E-state index in [2.05, 4.69) is 10.2 Å². The van der Waals surface area contributed by atoms with Crippen molar-refractivity contribution in [3.8, 4) is 0 Å². The van der Waals surface area contributed by atoms with E-state index in [-0.39, 0.29) is 23.8 Å². The Balaban J connectivity index is 1.23. The Morgan fingerprint density at radius 3 is 2.31 bits per heavy atom. The van der Waals surface area contributed by atoms with Crippen molar-refractivity contribution in [2.24, 2.45) is 11.8 Å². The molecule has 0 aromatic heterocycles. The third kappa shape index (κ3) is 5.65. The van der Waals surface area contributed by atoms with E-state index in [9.17, 15) is 9.59 Å². The smallest absolute Gasteiger partial charge is 0.226 e. The van der Waals surface area contributed by atoms with E-state index in [1.54, 1.807) is 0 Å². The van der Waals surface area contributed by atoms with Crippen molar-refractivity contribution >= 4 is 35.0 Å². The van der Waals surface area contributed by atoms with Crippen molar-refractivity contribution in [2.75, 3.05) is 6.54 Å². The Bertz CT molecular complexity index is 922. The fraction of sp³-hybridized carbons (Fsp3) is 0.462. The maximum Gasteiger partial charge on any atom is 0.226 e. The highest BCUT2D eigenvalue weighted by Crippen LogP contribution is 2.35. The summed E-state index contributed by atoms with van der Waals surface area (Å²) in [5.41, 5.74) is 1.99. The van der Waals surface area contributed by atoms with Crippen molar-refractivity contribution in [1.29, 1.82) is 0 Å². The molecule has 4 rings (SSSR count). The van der Waals surface area contributed by atoms with Gasteiger partial charge in [-0.25, -0.2) is 0 Å². The lowest BCUT2D eigenvalue weighted by atomic mass is 9.83. The van der Waals surface area contributed by atoms with Gasteiger partial charge in [-0.1, -0.05) is 59.6 Å². The largest absolute Gasteiger partial charge is 0.352 e. The van der Waals surface area contributed by atoms with Crippen LogP contribution in [0.4, 0.5) is 0 Å². The number of amides is 2. The Morgan fingerprint density at radius 2 is 1.62 bits per heavy atom. The van der Waals surface area contributed by atoms with Gasteiger partial charge in [0.25, 0.3) is 0 Å². The second-order valence-corrected chi connectivity index (χ2v) is 9.88. The van der Waals surface area contributed by atoms with Gasteiger partial charge in [0.15, 0.2) is 0 Å². The average Bonchev–Trinajstić information content (AvgIpc) is 3.16. The van der Waals surface area contributed by atoms with E-state index in [0.29, 0.717) is 35.3 Å². The number of hydrogen-bond donors (Lipinski definition) is 1. The topological polar surface area (TPSA) is 49.4 Å². The Labute approximate surface area is 200 Å². The van der Waals surface area contributed by atoms with E-state index in [4.69, 9.17) is 23.2 Å². The van der Waals surface area contributed by atoms with Gasteiger partial charge in [0.05, 0.1) is 0 Å². The zero-order valence-electron chi connectivity index (χ0n) is 18.2. The Kier molecular flexibility index (Phi) is 7.75. The second kappa shape index (κ2) is 10.7. The maximum absolute atomic E-state index is 13.1. The lowest BCUT2D eigenvalue weighted by Gasteiger charge is -2.34. The summed E-state index contributed by atoms with van der Waals surface area (Å²) in [7, 11) is 0. The van der Waals surface area contributed by atoms with Gasteiger partial charge >= 0.3 is 0 Å². The quantitative estimate of drug-likeness (QED) is 0.565. The molecule has 32 heavy (non-hydrogen) atoms. The molecule has 1 unspecified atom stereocenters. The molecule has 2 amide bonds. The molecular weight excluding hydrogens is 443 g/mol. The fourth-order valence-corrected chi connectivity index (χ4v) is 5.63. The first kappa shape index (κ1) is 23.1. The van der Waals surface area contributed by atoms with Crippen LogP contribution in [0.5, 0.6) is 0 Å². The summed E-state index contributed by atoms with van der Waals surface area (Å²) >= 11 is 12.6. The van der Waals surface area contributed by atoms with Gasteiger partial charge in [0.2, 0.25) is 11.8 Å². The Morgan fingerprint density at radius 1 is 0.938 bits per heavy atom. The normalized spacial score (nSPS) is 23.4. The minimum atomic E-state index is -0.0473. The summed E-state index contributed by atoms with van der Waals surface area (Å²) < 4.78 is 0. The number of carbonyl (C=O) groups is 2. The van der Waals surface area contributed by atoms with Crippen LogP contribution in [0.1, 0.15) is 49.7 Å². The minimum Gasteiger partial charge on any atom is -0.352 e. The van der Waals surface area contributed by atoms with E-state index >= 15 is 0 Å². The predicted molar refractivity (Wildman–Crippen MR) is 129 cm³/mol. The molecule has 2 aromatic rings. The van der Waals surface area contributed by atoms with Gasteiger partial charge in [0, 0.05) is 41.5 Å². The van der Waals surface area contributed by atoms with Crippen molar-refractivity contribution in [1.82, 2.24) is 10.2 Å². The van der Waals surface area contributed by atoms with Crippen LogP contribution < -0.4 is 5.32 Å². The van der Waals surface area contributed by atoms with Crippen molar-refractivity contribution in [2.45, 2.75) is 57.5 Å². The molecule has 170 valence electrons. The van der Waals surface area contributed by atoms with E-state index in [0.717, 1.165) is 49.8 Å². The van der Waals surface area contributed by atoms with Crippen LogP contribution >= 0.6 is 23.2 Å². The van der Waals surface area contributed by atoms with E-state index in [1.165, 1.54) is 0 Å². The molecule has 2 fully saturated rings. The first-order valence-corrected chi connectivity index (χ1v) is 12.3. The summed E-state index contributed by atoms with van der Waals surface area (Å²) in [6.07, 6.45) is 5.96. The zero-order chi connectivity index (χ0) is 22.5. The standard InChI is InChI=1S/C26H30Cl2N2O2/c27-23-7-4-8-24(28)22(23)16-20-13-14-30(26(20)32)21-11-9-18(10-12-21)15-25(31)29-17-19-5-2-1-3-6-19/h1-8,18,20-21H,9-17H2,(H,29,31). The number of carbonyl (C=O) groups excluding carboxylic acids is 2. The van der Waals surface area contributed by atoms with Gasteiger partial charge in [-0.2, -0.15) is 0 Å². The monoisotopic (exact) mass is 472 g/mol. The molecule has 1 saturated heterocycles. The molecule has 6 heteroatoms. The summed E-state index contributed by atoms with van der Waals surface area (Å²) in [4.78, 5) is 27.5. The number of hydrogen-bond acceptors (Lipinski definition) is 2. The SMILES string of the molecule is O=C(CC1CCC(N2CCC(Cc3c(Cl)cccc3Cl)C2=O)CC1)NCc1ccccc1. The van der Waals surface area contributed by atoms with Crippen molar-refractivity contribution in [3.05, 3.63) is 69.7 Å². The van der Waals surface area contributed by atoms with E-state index in [1.807, 2.05) is 48.5 Å². The summed E-state index contributed by atoms with van der Waals surface area (Å²) in [6, 6.07) is 15.8. The third-order valence-electron chi connectivity index (χ3n) is 6.93. The van der Waals surface area contributed by atoms with E-state index < -0.39 is 0 Å². The predicted octanol–water partition coefficient (Wildman–Crippen LogP) is 5.65. The highest BCUT2D eigenvalue weighted by Gasteiger charge is 2.38. The molecule has 1 atom stereocenters. The summed E-state index contributed by atoms with van der Waals surface area (Å²) in [6.45, 7) is 1.38. The Hall–Kier alpha value is -2.04. The van der Waals surface area contributed by atoms with Gasteiger partial charge in [0.1, 0.15) is 0 Å². The van der Waals surface area contributed by atoms with Crippen LogP contribution in [0, 0.1) is 11.8 Å². The molecule has 1 saturated carbocycles. The first-order chi connectivity index (χ1) is 15.5. The molecule has 1 aliphatic carbocycles. The van der Waals surface area contributed by atoms with Gasteiger partial charge in [-0.05, 0) is 67.7 Å². The fourth-order valence-electron chi connectivity index (χ4n) is 5.08.